The fraction of sp³-hybridized carbons (Fsp3) is 0.889. The van der Waals surface area contributed by atoms with E-state index in [1.165, 1.54) is 0 Å². The van der Waals surface area contributed by atoms with Gasteiger partial charge in [0.15, 0.2) is 0 Å². The van der Waals surface area contributed by atoms with Gasteiger partial charge < -0.3 is 20.3 Å². The van der Waals surface area contributed by atoms with Crippen molar-refractivity contribution in [1.29, 1.82) is 0 Å². The number of morpholine rings is 1. The van der Waals surface area contributed by atoms with E-state index >= 15 is 0 Å². The molecule has 2 heterocycles. The molecule has 0 unspecified atom stereocenters. The number of carbonyl (C=O) groups is 1. The van der Waals surface area contributed by atoms with Crippen LogP contribution in [-0.2, 0) is 9.53 Å². The van der Waals surface area contributed by atoms with Crippen LogP contribution < -0.4 is 10.6 Å². The summed E-state index contributed by atoms with van der Waals surface area (Å²) in [6, 6.07) is 0. The predicted octanol–water partition coefficient (Wildman–Crippen LogP) is -1.35. The van der Waals surface area contributed by atoms with Gasteiger partial charge in [-0.2, -0.15) is 0 Å². The Morgan fingerprint density at radius 1 is 1.00 bits per heavy atom. The highest BCUT2D eigenvalue weighted by atomic mass is 16.5. The Bertz CT molecular complexity index is 133. The first-order chi connectivity index (χ1) is 6.93. The summed E-state index contributed by atoms with van der Waals surface area (Å²) in [4.78, 5) is 11.7. The molecule has 0 aromatic carbocycles. The topological polar surface area (TPSA) is 53.6 Å². The van der Waals surface area contributed by atoms with E-state index in [1.807, 2.05) is 0 Å². The lowest BCUT2D eigenvalue weighted by atomic mass is 10.4. The lowest BCUT2D eigenvalue weighted by Gasteiger charge is -2.21. The molecule has 0 radical (unpaired) electrons. The molecule has 14 heavy (non-hydrogen) atoms. The molecule has 82 valence electrons. The summed E-state index contributed by atoms with van der Waals surface area (Å²) in [7, 11) is 0. The van der Waals surface area contributed by atoms with Crippen molar-refractivity contribution >= 4 is 6.41 Å². The van der Waals surface area contributed by atoms with Crippen LogP contribution in [0.15, 0.2) is 0 Å². The number of ether oxygens (including phenoxy) is 1. The van der Waals surface area contributed by atoms with Crippen molar-refractivity contribution in [2.45, 2.75) is 0 Å². The van der Waals surface area contributed by atoms with Crippen molar-refractivity contribution in [1.82, 2.24) is 15.5 Å². The molecule has 2 aliphatic heterocycles. The molecule has 0 atom stereocenters. The second-order valence-corrected chi connectivity index (χ2v) is 3.25. The standard InChI is InChI=1S/C5H9NO2.C4H10N2/c7-5-6-1-3-8-4-2-6;1-2-6-4-3-5-1/h5H,1-4H2;5-6H,1-4H2. The minimum absolute atomic E-state index is 0.693. The second-order valence-electron chi connectivity index (χ2n) is 3.25. The molecule has 2 saturated heterocycles. The van der Waals surface area contributed by atoms with Crippen molar-refractivity contribution in [3.05, 3.63) is 0 Å². The predicted molar refractivity (Wildman–Crippen MR) is 54.2 cm³/mol. The molecule has 2 N–H and O–H groups in total. The summed E-state index contributed by atoms with van der Waals surface area (Å²) < 4.78 is 5.00. The molecule has 0 spiro atoms. The lowest BCUT2D eigenvalue weighted by molar-refractivity contribution is -0.121. The summed E-state index contributed by atoms with van der Waals surface area (Å²) >= 11 is 0. The molecule has 0 aromatic rings. The SMILES string of the molecule is C1CNCCN1.O=CN1CCOCC1. The average Bonchev–Trinajstić information content (AvgIpc) is 2.33. The first kappa shape index (κ1) is 11.4. The van der Waals surface area contributed by atoms with Crippen LogP contribution in [0.1, 0.15) is 0 Å². The Labute approximate surface area is 84.8 Å². The van der Waals surface area contributed by atoms with Gasteiger partial charge in [0.1, 0.15) is 0 Å². The van der Waals surface area contributed by atoms with Crippen LogP contribution in [0.25, 0.3) is 0 Å². The van der Waals surface area contributed by atoms with Crippen molar-refractivity contribution in [2.75, 3.05) is 52.5 Å². The van der Waals surface area contributed by atoms with Gasteiger partial charge in [-0.05, 0) is 0 Å². The van der Waals surface area contributed by atoms with Crippen molar-refractivity contribution in [2.24, 2.45) is 0 Å². The zero-order valence-corrected chi connectivity index (χ0v) is 8.50. The molecule has 2 fully saturated rings. The van der Waals surface area contributed by atoms with E-state index in [4.69, 9.17) is 4.74 Å². The van der Waals surface area contributed by atoms with Gasteiger partial charge in [0.2, 0.25) is 6.41 Å². The molecular weight excluding hydrogens is 182 g/mol. The van der Waals surface area contributed by atoms with Gasteiger partial charge in [-0.25, -0.2) is 0 Å². The summed E-state index contributed by atoms with van der Waals surface area (Å²) in [6.45, 7) is 7.45. The number of amides is 1. The Hall–Kier alpha value is -0.650. The summed E-state index contributed by atoms with van der Waals surface area (Å²) in [5, 5.41) is 6.44. The number of nitrogens with one attached hydrogen (secondary N) is 2. The van der Waals surface area contributed by atoms with Crippen LogP contribution in [0.3, 0.4) is 0 Å². The fourth-order valence-corrected chi connectivity index (χ4v) is 1.29. The van der Waals surface area contributed by atoms with Crippen LogP contribution in [-0.4, -0.2) is 63.8 Å². The van der Waals surface area contributed by atoms with E-state index in [1.54, 1.807) is 4.90 Å². The largest absolute Gasteiger partial charge is 0.378 e. The molecule has 0 aliphatic carbocycles. The Morgan fingerprint density at radius 3 is 1.79 bits per heavy atom. The van der Waals surface area contributed by atoms with E-state index in [2.05, 4.69) is 10.6 Å². The number of carbonyl (C=O) groups excluding carboxylic acids is 1. The molecule has 2 aliphatic rings. The smallest absolute Gasteiger partial charge is 0.209 e. The van der Waals surface area contributed by atoms with Gasteiger partial charge >= 0.3 is 0 Å². The maximum atomic E-state index is 10.0. The number of piperazine rings is 1. The van der Waals surface area contributed by atoms with Crippen LogP contribution in [0.2, 0.25) is 0 Å². The van der Waals surface area contributed by atoms with E-state index in [-0.39, 0.29) is 0 Å². The Morgan fingerprint density at radius 2 is 1.50 bits per heavy atom. The second kappa shape index (κ2) is 7.73. The van der Waals surface area contributed by atoms with E-state index in [0.717, 1.165) is 45.7 Å². The molecule has 2 rings (SSSR count). The normalized spacial score (nSPS) is 22.1. The monoisotopic (exact) mass is 201 g/mol. The summed E-state index contributed by atoms with van der Waals surface area (Å²) in [5.74, 6) is 0. The van der Waals surface area contributed by atoms with Gasteiger partial charge in [0.05, 0.1) is 13.2 Å². The first-order valence-corrected chi connectivity index (χ1v) is 5.12. The highest BCUT2D eigenvalue weighted by Gasteiger charge is 2.05. The average molecular weight is 201 g/mol. The number of hydrogen-bond donors (Lipinski definition) is 2. The van der Waals surface area contributed by atoms with E-state index in [9.17, 15) is 4.79 Å². The maximum absolute atomic E-state index is 10.0. The highest BCUT2D eigenvalue weighted by molar-refractivity contribution is 5.46. The lowest BCUT2D eigenvalue weighted by Crippen LogP contribution is -2.39. The molecular formula is C9H19N3O2. The van der Waals surface area contributed by atoms with Crippen LogP contribution in [0, 0.1) is 0 Å². The molecule has 5 heteroatoms. The van der Waals surface area contributed by atoms with Crippen molar-refractivity contribution < 1.29 is 9.53 Å². The third-order valence-electron chi connectivity index (χ3n) is 2.15. The van der Waals surface area contributed by atoms with Crippen molar-refractivity contribution in [3.8, 4) is 0 Å². The van der Waals surface area contributed by atoms with Crippen LogP contribution >= 0.6 is 0 Å². The van der Waals surface area contributed by atoms with Gasteiger partial charge in [-0.1, -0.05) is 0 Å². The third kappa shape index (κ3) is 5.16. The minimum atomic E-state index is 0.693. The van der Waals surface area contributed by atoms with Gasteiger partial charge in [-0.15, -0.1) is 0 Å². The zero-order chi connectivity index (χ0) is 10.1. The van der Waals surface area contributed by atoms with Gasteiger partial charge in [-0.3, -0.25) is 4.79 Å². The maximum Gasteiger partial charge on any atom is 0.209 e. The summed E-state index contributed by atoms with van der Waals surface area (Å²) in [6.07, 6.45) is 0.864. The van der Waals surface area contributed by atoms with Gasteiger partial charge in [0.25, 0.3) is 0 Å². The molecule has 0 aromatic heterocycles. The van der Waals surface area contributed by atoms with Crippen LogP contribution in [0.5, 0.6) is 0 Å². The first-order valence-electron chi connectivity index (χ1n) is 5.12. The Balaban J connectivity index is 0.000000146. The van der Waals surface area contributed by atoms with Crippen molar-refractivity contribution in [3.63, 3.8) is 0 Å². The minimum Gasteiger partial charge on any atom is -0.378 e. The number of hydrogen-bond acceptors (Lipinski definition) is 4. The third-order valence-corrected chi connectivity index (χ3v) is 2.15. The quantitative estimate of drug-likeness (QED) is 0.515. The van der Waals surface area contributed by atoms with E-state index in [0.29, 0.717) is 13.2 Å². The number of rotatable bonds is 1. The zero-order valence-electron chi connectivity index (χ0n) is 8.50. The Kier molecular flexibility index (Phi) is 6.30. The molecule has 0 saturated carbocycles. The molecule has 5 nitrogen and oxygen atoms in total. The van der Waals surface area contributed by atoms with Crippen LogP contribution in [0.4, 0.5) is 0 Å². The summed E-state index contributed by atoms with van der Waals surface area (Å²) in [5.41, 5.74) is 0. The molecule has 1 amide bonds. The highest BCUT2D eigenvalue weighted by Crippen LogP contribution is 1.90. The van der Waals surface area contributed by atoms with E-state index < -0.39 is 0 Å². The van der Waals surface area contributed by atoms with Gasteiger partial charge in [0, 0.05) is 39.3 Å². The molecule has 0 bridgehead atoms. The fourth-order valence-electron chi connectivity index (χ4n) is 1.29. The number of nitrogens with zero attached hydrogens (tertiary/aromatic N) is 1.